The van der Waals surface area contributed by atoms with Crippen LogP contribution in [0.2, 0.25) is 0 Å². The van der Waals surface area contributed by atoms with E-state index < -0.39 is 6.10 Å². The zero-order valence-corrected chi connectivity index (χ0v) is 20.1. The Balaban J connectivity index is 1.70. The summed E-state index contributed by atoms with van der Waals surface area (Å²) in [5.74, 6) is 2.44. The van der Waals surface area contributed by atoms with E-state index >= 15 is 0 Å². The molecule has 1 atom stereocenters. The Kier molecular flexibility index (Phi) is 8.91. The number of aromatic nitrogens is 1. The first-order valence-corrected chi connectivity index (χ1v) is 11.5. The van der Waals surface area contributed by atoms with Crippen LogP contribution in [0.3, 0.4) is 0 Å². The number of rotatable bonds is 11. The molecule has 2 aromatic carbocycles. The molecule has 1 aromatic heterocycles. The Bertz CT molecular complexity index is 1010. The summed E-state index contributed by atoms with van der Waals surface area (Å²) in [5, 5.41) is 10.5. The van der Waals surface area contributed by atoms with Gasteiger partial charge in [0.05, 0.1) is 12.7 Å². The summed E-state index contributed by atoms with van der Waals surface area (Å²) in [4.78, 5) is 2.26. The van der Waals surface area contributed by atoms with Crippen molar-refractivity contribution in [3.05, 3.63) is 95.3 Å². The van der Waals surface area contributed by atoms with E-state index in [4.69, 9.17) is 11.2 Å². The van der Waals surface area contributed by atoms with Gasteiger partial charge in [0.25, 0.3) is 0 Å². The third kappa shape index (κ3) is 7.91. The lowest BCUT2D eigenvalue weighted by Gasteiger charge is -2.26. The molecule has 1 N–H and O–H groups in total. The molecule has 0 saturated heterocycles. The first-order valence-electron chi connectivity index (χ1n) is 11.5. The average Bonchev–Trinajstić information content (AvgIpc) is 3.20. The molecule has 0 aliphatic rings. The number of terminal acetylenes is 1. The molecule has 33 heavy (non-hydrogen) atoms. The van der Waals surface area contributed by atoms with Crippen molar-refractivity contribution in [3.63, 3.8) is 0 Å². The summed E-state index contributed by atoms with van der Waals surface area (Å²) in [6.07, 6.45) is 6.77. The number of benzene rings is 2. The Hall–Kier alpha value is -2.84. The van der Waals surface area contributed by atoms with Gasteiger partial charge in [0.2, 0.25) is 0 Å². The fourth-order valence-electron chi connectivity index (χ4n) is 3.91. The molecule has 0 bridgehead atoms. The van der Waals surface area contributed by atoms with Gasteiger partial charge in [-0.3, -0.25) is 4.90 Å². The minimum Gasteiger partial charge on any atom is -0.389 e. The first kappa shape index (κ1) is 24.8. The van der Waals surface area contributed by atoms with Crippen molar-refractivity contribution in [3.8, 4) is 12.3 Å². The zero-order valence-electron chi connectivity index (χ0n) is 20.1. The van der Waals surface area contributed by atoms with E-state index in [0.29, 0.717) is 6.54 Å². The summed E-state index contributed by atoms with van der Waals surface area (Å²) in [7, 11) is 0. The normalized spacial score (nSPS) is 12.6. The second-order valence-corrected chi connectivity index (χ2v) is 9.60. The maximum atomic E-state index is 10.5. The monoisotopic (exact) mass is 444 g/mol. The highest BCUT2D eigenvalue weighted by molar-refractivity contribution is 5.28. The van der Waals surface area contributed by atoms with Gasteiger partial charge in [-0.25, -0.2) is 0 Å². The molecule has 1 unspecified atom stereocenters. The largest absolute Gasteiger partial charge is 0.389 e. The average molecular weight is 445 g/mol. The third-order valence-corrected chi connectivity index (χ3v) is 5.70. The highest BCUT2D eigenvalue weighted by Gasteiger charge is 2.16. The molecular formula is C29H36N2O2. The lowest BCUT2D eigenvalue weighted by atomic mass is 9.87. The Labute approximate surface area is 198 Å². The second kappa shape index (κ2) is 11.9. The molecule has 0 aliphatic heterocycles. The van der Waals surface area contributed by atoms with Gasteiger partial charge in [0.1, 0.15) is 6.61 Å². The summed E-state index contributed by atoms with van der Waals surface area (Å²) in [6, 6.07) is 23.5. The van der Waals surface area contributed by atoms with E-state index in [1.165, 1.54) is 22.4 Å². The van der Waals surface area contributed by atoms with Crippen LogP contribution in [0.15, 0.2) is 72.9 Å². The summed E-state index contributed by atoms with van der Waals surface area (Å²) >= 11 is 0. The van der Waals surface area contributed by atoms with Gasteiger partial charge in [-0.2, -0.15) is 0 Å². The van der Waals surface area contributed by atoms with Crippen molar-refractivity contribution in [1.82, 2.24) is 9.47 Å². The number of nitrogens with zero attached hydrogens (tertiary/aromatic N) is 2. The molecule has 4 nitrogen and oxygen atoms in total. The quantitative estimate of drug-likeness (QED) is 0.339. The number of aliphatic hydroxyl groups is 1. The number of hydrogen-bond acceptors (Lipinski definition) is 3. The molecule has 0 aliphatic carbocycles. The van der Waals surface area contributed by atoms with E-state index in [2.05, 4.69) is 90.9 Å². The van der Waals surface area contributed by atoms with Gasteiger partial charge in [-0.15, -0.1) is 6.42 Å². The van der Waals surface area contributed by atoms with Crippen LogP contribution in [-0.4, -0.2) is 40.4 Å². The standard InChI is InChI=1S/C29H36N2O2/c1-5-18-33-23-28(32)22-30(19-24-10-7-6-8-11-24)21-27-12-9-17-31(27)20-25-13-15-26(16-14-25)29(2,3)4/h1,6-17,28,32H,18-23H2,2-4H3. The molecule has 1 heterocycles. The molecule has 0 saturated carbocycles. The predicted octanol–water partition coefficient (Wildman–Crippen LogP) is 4.85. The number of aliphatic hydroxyl groups excluding tert-OH is 1. The number of ether oxygens (including phenoxy) is 1. The smallest absolute Gasteiger partial charge is 0.107 e. The van der Waals surface area contributed by atoms with Crippen molar-refractivity contribution in [2.75, 3.05) is 19.8 Å². The van der Waals surface area contributed by atoms with Crippen LogP contribution >= 0.6 is 0 Å². The maximum Gasteiger partial charge on any atom is 0.107 e. The zero-order chi connectivity index (χ0) is 23.7. The van der Waals surface area contributed by atoms with Crippen LogP contribution in [0, 0.1) is 12.3 Å². The fraction of sp³-hybridized carbons (Fsp3) is 0.379. The lowest BCUT2D eigenvalue weighted by Crippen LogP contribution is -2.35. The number of hydrogen-bond donors (Lipinski definition) is 1. The van der Waals surface area contributed by atoms with Crippen molar-refractivity contribution in [2.45, 2.75) is 51.9 Å². The van der Waals surface area contributed by atoms with E-state index in [1.807, 2.05) is 18.2 Å². The van der Waals surface area contributed by atoms with E-state index in [0.717, 1.165) is 19.6 Å². The lowest BCUT2D eigenvalue weighted by molar-refractivity contribution is 0.0239. The van der Waals surface area contributed by atoms with Crippen LogP contribution in [0.5, 0.6) is 0 Å². The predicted molar refractivity (Wildman–Crippen MR) is 135 cm³/mol. The van der Waals surface area contributed by atoms with E-state index in [9.17, 15) is 5.11 Å². The highest BCUT2D eigenvalue weighted by Crippen LogP contribution is 2.23. The minimum atomic E-state index is -0.601. The van der Waals surface area contributed by atoms with Crippen molar-refractivity contribution in [2.24, 2.45) is 0 Å². The molecule has 0 fully saturated rings. The summed E-state index contributed by atoms with van der Waals surface area (Å²) < 4.78 is 7.63. The molecule has 3 rings (SSSR count). The topological polar surface area (TPSA) is 37.6 Å². The molecule has 174 valence electrons. The van der Waals surface area contributed by atoms with E-state index in [1.54, 1.807) is 0 Å². The fourth-order valence-corrected chi connectivity index (χ4v) is 3.91. The minimum absolute atomic E-state index is 0.153. The van der Waals surface area contributed by atoms with Crippen LogP contribution < -0.4 is 0 Å². The molecule has 0 amide bonds. The van der Waals surface area contributed by atoms with Gasteiger partial charge in [-0.05, 0) is 34.2 Å². The Morgan fingerprint density at radius 1 is 0.970 bits per heavy atom. The van der Waals surface area contributed by atoms with Crippen LogP contribution in [-0.2, 0) is 29.8 Å². The van der Waals surface area contributed by atoms with Gasteiger partial charge in [0, 0.05) is 38.1 Å². The van der Waals surface area contributed by atoms with Crippen molar-refractivity contribution in [1.29, 1.82) is 0 Å². The summed E-state index contributed by atoms with van der Waals surface area (Å²) in [6.45, 7) is 9.96. The molecule has 0 spiro atoms. The highest BCUT2D eigenvalue weighted by atomic mass is 16.5. The summed E-state index contributed by atoms with van der Waals surface area (Å²) in [5.41, 5.74) is 5.19. The van der Waals surface area contributed by atoms with Crippen molar-refractivity contribution < 1.29 is 9.84 Å². The Morgan fingerprint density at radius 3 is 2.36 bits per heavy atom. The van der Waals surface area contributed by atoms with Crippen molar-refractivity contribution >= 4 is 0 Å². The first-order chi connectivity index (χ1) is 15.8. The molecule has 0 radical (unpaired) electrons. The van der Waals surface area contributed by atoms with Gasteiger partial charge in [-0.1, -0.05) is 81.3 Å². The van der Waals surface area contributed by atoms with E-state index in [-0.39, 0.29) is 18.6 Å². The molecular weight excluding hydrogens is 408 g/mol. The maximum absolute atomic E-state index is 10.5. The third-order valence-electron chi connectivity index (χ3n) is 5.70. The van der Waals surface area contributed by atoms with Gasteiger partial charge >= 0.3 is 0 Å². The van der Waals surface area contributed by atoms with Gasteiger partial charge < -0.3 is 14.4 Å². The Morgan fingerprint density at radius 2 is 1.70 bits per heavy atom. The molecule has 3 aromatic rings. The van der Waals surface area contributed by atoms with Crippen LogP contribution in [0.1, 0.15) is 43.2 Å². The molecule has 4 heteroatoms. The van der Waals surface area contributed by atoms with Crippen LogP contribution in [0.4, 0.5) is 0 Å². The van der Waals surface area contributed by atoms with Gasteiger partial charge in [0.15, 0.2) is 0 Å². The van der Waals surface area contributed by atoms with Crippen LogP contribution in [0.25, 0.3) is 0 Å². The SMILES string of the molecule is C#CCOCC(O)CN(Cc1ccccc1)Cc1cccn1Cc1ccc(C(C)(C)C)cc1. The second-order valence-electron chi connectivity index (χ2n) is 9.60.